The van der Waals surface area contributed by atoms with E-state index in [1.165, 1.54) is 0 Å². The van der Waals surface area contributed by atoms with E-state index < -0.39 is 31.2 Å². The van der Waals surface area contributed by atoms with E-state index in [0.29, 0.717) is 0 Å². The molecule has 0 amide bonds. The number of aliphatic hydroxyl groups excluding tert-OH is 4. The first-order chi connectivity index (χ1) is 4.66. The van der Waals surface area contributed by atoms with E-state index >= 15 is 0 Å². The Morgan fingerprint density at radius 2 is 1.70 bits per heavy atom. The molecule has 1 heterocycles. The smallest absolute Gasteiger partial charge is 0.184 e. The third kappa shape index (κ3) is 1.14. The van der Waals surface area contributed by atoms with Gasteiger partial charge in [0.2, 0.25) is 0 Å². The molecule has 1 aliphatic rings. The Labute approximate surface area is 57.5 Å². The highest BCUT2D eigenvalue weighted by Crippen LogP contribution is 2.18. The van der Waals surface area contributed by atoms with Crippen LogP contribution >= 0.6 is 0 Å². The van der Waals surface area contributed by atoms with Gasteiger partial charge in [0, 0.05) is 0 Å². The van der Waals surface area contributed by atoms with Crippen molar-refractivity contribution in [2.24, 2.45) is 0 Å². The van der Waals surface area contributed by atoms with E-state index in [4.69, 9.17) is 20.4 Å². The molecule has 4 N–H and O–H groups in total. The average molecular weight is 150 g/mol. The molecule has 0 saturated carbocycles. The van der Waals surface area contributed by atoms with Crippen molar-refractivity contribution in [3.05, 3.63) is 0 Å². The predicted octanol–water partition coefficient (Wildman–Crippen LogP) is -2.58. The van der Waals surface area contributed by atoms with Crippen LogP contribution in [0.25, 0.3) is 0 Å². The van der Waals surface area contributed by atoms with Crippen molar-refractivity contribution in [1.29, 1.82) is 0 Å². The molecule has 4 atom stereocenters. The van der Waals surface area contributed by atoms with Crippen molar-refractivity contribution in [2.75, 3.05) is 6.61 Å². The van der Waals surface area contributed by atoms with Gasteiger partial charge in [0.1, 0.15) is 18.3 Å². The first-order valence-corrected chi connectivity index (χ1v) is 2.97. The summed E-state index contributed by atoms with van der Waals surface area (Å²) < 4.78 is 4.54. The maximum absolute atomic E-state index is 8.93. The van der Waals surface area contributed by atoms with E-state index in [1.54, 1.807) is 0 Å². The highest BCUT2D eigenvalue weighted by atomic mass is 16.6. The Bertz CT molecular complexity index is 117. The van der Waals surface area contributed by atoms with Gasteiger partial charge in [-0.25, -0.2) is 0 Å². The lowest BCUT2D eigenvalue weighted by Crippen LogP contribution is -2.33. The molecule has 60 valence electrons. The normalized spacial score (nSPS) is 48.0. The molecule has 1 aliphatic heterocycles. The minimum atomic E-state index is -1.38. The second-order valence-corrected chi connectivity index (χ2v) is 2.23. The summed E-state index contributed by atoms with van der Waals surface area (Å²) in [5, 5.41) is 35.0. The van der Waals surface area contributed by atoms with Gasteiger partial charge in [0.15, 0.2) is 6.29 Å². The fourth-order valence-corrected chi connectivity index (χ4v) is 0.880. The second kappa shape index (κ2) is 2.81. The third-order valence-corrected chi connectivity index (χ3v) is 1.52. The Hall–Kier alpha value is -0.200. The molecule has 5 heteroatoms. The van der Waals surface area contributed by atoms with Gasteiger partial charge < -0.3 is 25.2 Å². The largest absolute Gasteiger partial charge is 0.394 e. The number of hydrogen-bond acceptors (Lipinski definition) is 5. The van der Waals surface area contributed by atoms with E-state index in [-0.39, 0.29) is 0 Å². The van der Waals surface area contributed by atoms with Crippen molar-refractivity contribution >= 4 is 0 Å². The van der Waals surface area contributed by atoms with Crippen molar-refractivity contribution in [3.8, 4) is 0 Å². The van der Waals surface area contributed by atoms with Gasteiger partial charge >= 0.3 is 0 Å². The lowest BCUT2D eigenvalue weighted by molar-refractivity contribution is -0.132. The maximum atomic E-state index is 8.93. The lowest BCUT2D eigenvalue weighted by Gasteiger charge is -2.09. The molecule has 10 heavy (non-hydrogen) atoms. The van der Waals surface area contributed by atoms with Crippen LogP contribution in [-0.4, -0.2) is 51.6 Å². The van der Waals surface area contributed by atoms with Crippen LogP contribution in [0.1, 0.15) is 0 Å². The lowest BCUT2D eigenvalue weighted by atomic mass is 10.1. The van der Waals surface area contributed by atoms with Crippen LogP contribution in [0.15, 0.2) is 0 Å². The molecular weight excluding hydrogens is 140 g/mol. The Morgan fingerprint density at radius 1 is 1.10 bits per heavy atom. The molecule has 1 fully saturated rings. The molecule has 0 radical (unpaired) electrons. The quantitative estimate of drug-likeness (QED) is 0.329. The Balaban J connectivity index is 2.53. The summed E-state index contributed by atoms with van der Waals surface area (Å²) in [6.07, 6.45) is -4.76. The van der Waals surface area contributed by atoms with Crippen LogP contribution in [-0.2, 0) is 4.74 Å². The summed E-state index contributed by atoms with van der Waals surface area (Å²) in [6, 6.07) is 0. The van der Waals surface area contributed by atoms with Crippen LogP contribution in [0.3, 0.4) is 0 Å². The van der Waals surface area contributed by atoms with Gasteiger partial charge in [-0.2, -0.15) is 0 Å². The predicted molar refractivity (Wildman–Crippen MR) is 30.0 cm³/mol. The highest BCUT2D eigenvalue weighted by Gasteiger charge is 2.41. The van der Waals surface area contributed by atoms with Crippen LogP contribution in [0.4, 0.5) is 0 Å². The zero-order chi connectivity index (χ0) is 7.72. The summed E-state index contributed by atoms with van der Waals surface area (Å²) in [5.41, 5.74) is 0. The number of hydrogen-bond donors (Lipinski definition) is 4. The van der Waals surface area contributed by atoms with Crippen LogP contribution in [0.5, 0.6) is 0 Å². The second-order valence-electron chi connectivity index (χ2n) is 2.23. The molecule has 1 rings (SSSR count). The van der Waals surface area contributed by atoms with E-state index in [2.05, 4.69) is 4.74 Å². The SMILES string of the molecule is OC[C@@H]1OC(O)C(O)[C@H]1O. The summed E-state index contributed by atoms with van der Waals surface area (Å²) >= 11 is 0. The summed E-state index contributed by atoms with van der Waals surface area (Å²) in [5.74, 6) is 0. The maximum Gasteiger partial charge on any atom is 0.184 e. The first kappa shape index (κ1) is 7.90. The topological polar surface area (TPSA) is 90.2 Å². The summed E-state index contributed by atoms with van der Waals surface area (Å²) in [4.78, 5) is 0. The van der Waals surface area contributed by atoms with Gasteiger partial charge in [0.05, 0.1) is 6.61 Å². The third-order valence-electron chi connectivity index (χ3n) is 1.52. The monoisotopic (exact) mass is 150 g/mol. The van der Waals surface area contributed by atoms with Crippen molar-refractivity contribution in [1.82, 2.24) is 0 Å². The number of rotatable bonds is 1. The van der Waals surface area contributed by atoms with Gasteiger partial charge in [-0.3, -0.25) is 0 Å². The van der Waals surface area contributed by atoms with Crippen LogP contribution in [0.2, 0.25) is 0 Å². The van der Waals surface area contributed by atoms with Crippen LogP contribution < -0.4 is 0 Å². The van der Waals surface area contributed by atoms with Crippen LogP contribution in [0, 0.1) is 0 Å². The minimum Gasteiger partial charge on any atom is -0.394 e. The molecule has 2 unspecified atom stereocenters. The van der Waals surface area contributed by atoms with Crippen molar-refractivity contribution < 1.29 is 25.2 Å². The standard InChI is InChI=1S/C5H10O5/c6-1-2-3(7)4(8)5(9)10-2/h2-9H,1H2/t2-,3-,4?,5?/m0/s1. The fourth-order valence-electron chi connectivity index (χ4n) is 0.880. The molecule has 0 aliphatic carbocycles. The van der Waals surface area contributed by atoms with Gasteiger partial charge in [0.25, 0.3) is 0 Å². The Morgan fingerprint density at radius 3 is 1.90 bits per heavy atom. The Kier molecular flexibility index (Phi) is 2.22. The van der Waals surface area contributed by atoms with E-state index in [0.717, 1.165) is 0 Å². The zero-order valence-electron chi connectivity index (χ0n) is 5.21. The molecule has 5 nitrogen and oxygen atoms in total. The zero-order valence-corrected chi connectivity index (χ0v) is 5.21. The summed E-state index contributed by atoms with van der Waals surface area (Å²) in [6.45, 7) is -0.407. The molecule has 0 aromatic heterocycles. The van der Waals surface area contributed by atoms with E-state index in [9.17, 15) is 0 Å². The first-order valence-electron chi connectivity index (χ1n) is 2.97. The highest BCUT2D eigenvalue weighted by molar-refractivity contribution is 4.84. The van der Waals surface area contributed by atoms with Gasteiger partial charge in [-0.1, -0.05) is 0 Å². The van der Waals surface area contributed by atoms with Gasteiger partial charge in [-0.15, -0.1) is 0 Å². The molecule has 0 aromatic rings. The van der Waals surface area contributed by atoms with Crippen molar-refractivity contribution in [2.45, 2.75) is 24.6 Å². The van der Waals surface area contributed by atoms with Crippen molar-refractivity contribution in [3.63, 3.8) is 0 Å². The molecule has 0 bridgehead atoms. The number of aliphatic hydroxyl groups is 4. The van der Waals surface area contributed by atoms with E-state index in [1.807, 2.05) is 0 Å². The number of ether oxygens (including phenoxy) is 1. The average Bonchev–Trinajstić information content (AvgIpc) is 2.17. The van der Waals surface area contributed by atoms with Gasteiger partial charge in [-0.05, 0) is 0 Å². The fraction of sp³-hybridized carbons (Fsp3) is 1.00. The molecule has 0 aromatic carbocycles. The molecular formula is C5H10O5. The summed E-state index contributed by atoms with van der Waals surface area (Å²) in [7, 11) is 0. The minimum absolute atomic E-state index is 0.407. The molecule has 0 spiro atoms. The molecule has 1 saturated heterocycles.